The summed E-state index contributed by atoms with van der Waals surface area (Å²) in [6.45, 7) is 1.12. The smallest absolute Gasteiger partial charge is 0.253 e. The summed E-state index contributed by atoms with van der Waals surface area (Å²) in [5.41, 5.74) is 1.67. The molecule has 126 valence electrons. The van der Waals surface area contributed by atoms with E-state index in [0.717, 1.165) is 0 Å². The van der Waals surface area contributed by atoms with Gasteiger partial charge < -0.3 is 10.2 Å². The van der Waals surface area contributed by atoms with Crippen molar-refractivity contribution in [1.29, 1.82) is 5.26 Å². The molecule has 2 aromatic rings. The third kappa shape index (κ3) is 3.86. The van der Waals surface area contributed by atoms with Crippen LogP contribution in [0.1, 0.15) is 28.8 Å². The van der Waals surface area contributed by atoms with Crippen molar-refractivity contribution in [1.82, 2.24) is 4.90 Å². The van der Waals surface area contributed by atoms with Crippen molar-refractivity contribution in [3.8, 4) is 6.07 Å². The number of para-hydroxylation sites is 1. The molecule has 0 bridgehead atoms. The second kappa shape index (κ2) is 7.63. The second-order valence-corrected chi connectivity index (χ2v) is 6.08. The van der Waals surface area contributed by atoms with Crippen LogP contribution in [0.15, 0.2) is 54.6 Å². The van der Waals surface area contributed by atoms with Gasteiger partial charge in [0.1, 0.15) is 6.07 Å². The monoisotopic (exact) mass is 333 g/mol. The van der Waals surface area contributed by atoms with Gasteiger partial charge in [-0.1, -0.05) is 30.3 Å². The molecular formula is C20H19N3O2. The summed E-state index contributed by atoms with van der Waals surface area (Å²) in [6, 6.07) is 18.2. The SMILES string of the molecule is N#Cc1ccccc1NC(=O)C1CCN(C(=O)c2ccccc2)CC1. The van der Waals surface area contributed by atoms with Crippen LogP contribution in [0.2, 0.25) is 0 Å². The Morgan fingerprint density at radius 3 is 2.32 bits per heavy atom. The van der Waals surface area contributed by atoms with Crippen molar-refractivity contribution >= 4 is 17.5 Å². The molecule has 1 fully saturated rings. The summed E-state index contributed by atoms with van der Waals surface area (Å²) in [7, 11) is 0. The van der Waals surface area contributed by atoms with E-state index < -0.39 is 0 Å². The standard InChI is InChI=1S/C20H19N3O2/c21-14-17-8-4-5-9-18(17)22-19(24)15-10-12-23(13-11-15)20(25)16-6-2-1-3-7-16/h1-9,15H,10-13H2,(H,22,24). The number of hydrogen-bond acceptors (Lipinski definition) is 3. The topological polar surface area (TPSA) is 73.2 Å². The summed E-state index contributed by atoms with van der Waals surface area (Å²) in [5.74, 6) is -0.227. The highest BCUT2D eigenvalue weighted by Gasteiger charge is 2.28. The number of benzene rings is 2. The van der Waals surface area contributed by atoms with Crippen LogP contribution in [0.3, 0.4) is 0 Å². The van der Waals surface area contributed by atoms with E-state index in [2.05, 4.69) is 11.4 Å². The predicted molar refractivity (Wildman–Crippen MR) is 94.9 cm³/mol. The van der Waals surface area contributed by atoms with Crippen LogP contribution in [-0.4, -0.2) is 29.8 Å². The number of nitriles is 1. The maximum Gasteiger partial charge on any atom is 0.253 e. The zero-order valence-corrected chi connectivity index (χ0v) is 13.8. The number of likely N-dealkylation sites (tertiary alicyclic amines) is 1. The highest BCUT2D eigenvalue weighted by Crippen LogP contribution is 2.22. The number of nitrogens with one attached hydrogen (secondary N) is 1. The fourth-order valence-electron chi connectivity index (χ4n) is 3.03. The quantitative estimate of drug-likeness (QED) is 0.938. The number of piperidine rings is 1. The van der Waals surface area contributed by atoms with Crippen molar-refractivity contribution in [2.45, 2.75) is 12.8 Å². The average molecular weight is 333 g/mol. The summed E-state index contributed by atoms with van der Waals surface area (Å²) in [6.07, 6.45) is 1.25. The summed E-state index contributed by atoms with van der Waals surface area (Å²) < 4.78 is 0. The first-order valence-corrected chi connectivity index (χ1v) is 8.33. The van der Waals surface area contributed by atoms with Crippen LogP contribution in [-0.2, 0) is 4.79 Å². The lowest BCUT2D eigenvalue weighted by Gasteiger charge is -2.31. The molecule has 0 unspecified atom stereocenters. The molecule has 0 saturated carbocycles. The van der Waals surface area contributed by atoms with Crippen molar-refractivity contribution in [2.24, 2.45) is 5.92 Å². The van der Waals surface area contributed by atoms with Crippen LogP contribution in [0.5, 0.6) is 0 Å². The van der Waals surface area contributed by atoms with Crippen molar-refractivity contribution in [3.05, 3.63) is 65.7 Å². The minimum absolute atomic E-state index is 0.00860. The van der Waals surface area contributed by atoms with Crippen LogP contribution >= 0.6 is 0 Å². The van der Waals surface area contributed by atoms with E-state index in [9.17, 15) is 9.59 Å². The number of rotatable bonds is 3. The maximum atomic E-state index is 12.5. The maximum absolute atomic E-state index is 12.5. The Balaban J connectivity index is 1.58. The molecule has 0 spiro atoms. The van der Waals surface area contributed by atoms with Gasteiger partial charge in [-0.05, 0) is 37.1 Å². The number of hydrogen-bond donors (Lipinski definition) is 1. The van der Waals surface area contributed by atoms with Gasteiger partial charge in [-0.15, -0.1) is 0 Å². The molecule has 0 atom stereocenters. The Labute approximate surface area is 146 Å². The van der Waals surface area contributed by atoms with Gasteiger partial charge in [-0.25, -0.2) is 0 Å². The predicted octanol–water partition coefficient (Wildman–Crippen LogP) is 3.05. The van der Waals surface area contributed by atoms with E-state index in [0.29, 0.717) is 42.7 Å². The molecule has 1 aliphatic rings. The van der Waals surface area contributed by atoms with Crippen molar-refractivity contribution < 1.29 is 9.59 Å². The molecule has 1 N–H and O–H groups in total. The molecule has 1 aliphatic heterocycles. The molecule has 2 amide bonds. The Morgan fingerprint density at radius 1 is 1.00 bits per heavy atom. The normalized spacial score (nSPS) is 14.6. The lowest BCUT2D eigenvalue weighted by molar-refractivity contribution is -0.121. The molecule has 3 rings (SSSR count). The third-order valence-corrected chi connectivity index (χ3v) is 4.48. The zero-order valence-electron chi connectivity index (χ0n) is 13.8. The fraction of sp³-hybridized carbons (Fsp3) is 0.250. The van der Waals surface area contributed by atoms with E-state index in [1.165, 1.54) is 0 Å². The Kier molecular flexibility index (Phi) is 5.10. The molecule has 5 nitrogen and oxygen atoms in total. The Bertz CT molecular complexity index is 803. The first-order valence-electron chi connectivity index (χ1n) is 8.33. The van der Waals surface area contributed by atoms with E-state index in [1.807, 2.05) is 18.2 Å². The molecule has 2 aromatic carbocycles. The lowest BCUT2D eigenvalue weighted by Crippen LogP contribution is -2.41. The Hall–Kier alpha value is -3.13. The molecular weight excluding hydrogens is 314 g/mol. The van der Waals surface area contributed by atoms with Crippen LogP contribution in [0.4, 0.5) is 5.69 Å². The summed E-state index contributed by atoms with van der Waals surface area (Å²) in [4.78, 5) is 26.7. The van der Waals surface area contributed by atoms with Crippen molar-refractivity contribution in [3.63, 3.8) is 0 Å². The molecule has 25 heavy (non-hydrogen) atoms. The number of anilines is 1. The highest BCUT2D eigenvalue weighted by molar-refractivity contribution is 5.95. The zero-order chi connectivity index (χ0) is 17.6. The van der Waals surface area contributed by atoms with Gasteiger partial charge in [0.25, 0.3) is 5.91 Å². The van der Waals surface area contributed by atoms with Gasteiger partial charge in [0.15, 0.2) is 0 Å². The van der Waals surface area contributed by atoms with E-state index >= 15 is 0 Å². The van der Waals surface area contributed by atoms with Crippen LogP contribution in [0, 0.1) is 17.2 Å². The van der Waals surface area contributed by atoms with Crippen LogP contribution in [0.25, 0.3) is 0 Å². The molecule has 1 heterocycles. The van der Waals surface area contributed by atoms with Crippen LogP contribution < -0.4 is 5.32 Å². The molecule has 0 aromatic heterocycles. The third-order valence-electron chi connectivity index (χ3n) is 4.48. The Morgan fingerprint density at radius 2 is 1.64 bits per heavy atom. The van der Waals surface area contributed by atoms with Gasteiger partial charge in [0.05, 0.1) is 11.3 Å². The van der Waals surface area contributed by atoms with Gasteiger partial charge in [-0.3, -0.25) is 9.59 Å². The van der Waals surface area contributed by atoms with Gasteiger partial charge in [0.2, 0.25) is 5.91 Å². The first-order chi connectivity index (χ1) is 12.2. The minimum Gasteiger partial charge on any atom is -0.339 e. The number of amides is 2. The summed E-state index contributed by atoms with van der Waals surface area (Å²) in [5, 5.41) is 11.9. The fourth-order valence-corrected chi connectivity index (χ4v) is 3.03. The highest BCUT2D eigenvalue weighted by atomic mass is 16.2. The first kappa shape index (κ1) is 16.7. The number of nitrogens with zero attached hydrogens (tertiary/aromatic N) is 2. The minimum atomic E-state index is -0.147. The van der Waals surface area contributed by atoms with Crippen molar-refractivity contribution in [2.75, 3.05) is 18.4 Å². The average Bonchev–Trinajstić information content (AvgIpc) is 2.68. The van der Waals surface area contributed by atoms with E-state index in [1.54, 1.807) is 41.3 Å². The number of carbonyl (C=O) groups excluding carboxylic acids is 2. The van der Waals surface area contributed by atoms with Gasteiger partial charge >= 0.3 is 0 Å². The van der Waals surface area contributed by atoms with E-state index in [-0.39, 0.29) is 17.7 Å². The second-order valence-electron chi connectivity index (χ2n) is 6.08. The molecule has 1 saturated heterocycles. The molecule has 5 heteroatoms. The molecule has 0 aliphatic carbocycles. The van der Waals surface area contributed by atoms with Gasteiger partial charge in [-0.2, -0.15) is 5.26 Å². The largest absolute Gasteiger partial charge is 0.339 e. The lowest BCUT2D eigenvalue weighted by atomic mass is 9.95. The number of carbonyl (C=O) groups is 2. The van der Waals surface area contributed by atoms with E-state index in [4.69, 9.17) is 5.26 Å². The molecule has 0 radical (unpaired) electrons. The summed E-state index contributed by atoms with van der Waals surface area (Å²) >= 11 is 0. The van der Waals surface area contributed by atoms with Gasteiger partial charge in [0, 0.05) is 24.6 Å².